The Hall–Kier alpha value is -0.280. The Bertz CT molecular complexity index is 324. The van der Waals surface area contributed by atoms with Gasteiger partial charge in [0, 0.05) is 4.88 Å². The molecular weight excluding hydrogens is 212 g/mol. The lowest BCUT2D eigenvalue weighted by atomic mass is 9.97. The number of hydrogen-bond donors (Lipinski definition) is 0. The molecule has 14 heavy (non-hydrogen) atoms. The second kappa shape index (κ2) is 4.07. The van der Waals surface area contributed by atoms with Crippen LogP contribution >= 0.6 is 23.1 Å². The van der Waals surface area contributed by atoms with Crippen molar-refractivity contribution in [2.45, 2.75) is 30.9 Å². The minimum atomic E-state index is -0.104. The Morgan fingerprint density at radius 2 is 2.50 bits per heavy atom. The lowest BCUT2D eigenvalue weighted by molar-refractivity contribution is -0.109. The maximum atomic E-state index is 11.1. The molecule has 0 saturated carbocycles. The molecule has 0 amide bonds. The van der Waals surface area contributed by atoms with Crippen molar-refractivity contribution in [3.05, 3.63) is 21.9 Å². The molecule has 1 aliphatic rings. The van der Waals surface area contributed by atoms with Crippen molar-refractivity contribution in [1.82, 2.24) is 0 Å². The third-order valence-corrected chi connectivity index (χ3v) is 5.06. The first-order valence-electron chi connectivity index (χ1n) is 4.88. The molecule has 1 fully saturated rings. The van der Waals surface area contributed by atoms with E-state index >= 15 is 0 Å². The molecule has 3 heteroatoms. The van der Waals surface area contributed by atoms with Crippen molar-refractivity contribution in [3.8, 4) is 0 Å². The standard InChI is InChI=1S/C11H14OS2/c1-9-5-10(7-13-9)6-11(8-12)3-2-4-14-11/h5,7-8H,2-4,6H2,1H3. The highest BCUT2D eigenvalue weighted by molar-refractivity contribution is 8.01. The van der Waals surface area contributed by atoms with Crippen molar-refractivity contribution in [3.63, 3.8) is 0 Å². The fraction of sp³-hybridized carbons (Fsp3) is 0.545. The number of aldehydes is 1. The first-order chi connectivity index (χ1) is 6.74. The van der Waals surface area contributed by atoms with Gasteiger partial charge in [-0.2, -0.15) is 0 Å². The number of hydrogen-bond acceptors (Lipinski definition) is 3. The number of carbonyl (C=O) groups excluding carboxylic acids is 1. The van der Waals surface area contributed by atoms with Crippen LogP contribution in [0.5, 0.6) is 0 Å². The molecule has 0 spiro atoms. The van der Waals surface area contributed by atoms with Gasteiger partial charge in [0.05, 0.1) is 4.75 Å². The molecule has 0 radical (unpaired) electrons. The molecule has 1 aromatic rings. The quantitative estimate of drug-likeness (QED) is 0.737. The fourth-order valence-corrected chi connectivity index (χ4v) is 3.96. The zero-order valence-electron chi connectivity index (χ0n) is 8.29. The first-order valence-corrected chi connectivity index (χ1v) is 6.75. The molecule has 1 aromatic heterocycles. The third-order valence-electron chi connectivity index (χ3n) is 2.64. The summed E-state index contributed by atoms with van der Waals surface area (Å²) in [6.45, 7) is 2.11. The average Bonchev–Trinajstić information content (AvgIpc) is 2.77. The molecule has 0 aromatic carbocycles. The Morgan fingerprint density at radius 3 is 3.00 bits per heavy atom. The van der Waals surface area contributed by atoms with Crippen LogP contribution in [-0.4, -0.2) is 16.8 Å². The number of aryl methyl sites for hydroxylation is 1. The van der Waals surface area contributed by atoms with Crippen molar-refractivity contribution in [2.75, 3.05) is 5.75 Å². The third kappa shape index (κ3) is 2.04. The largest absolute Gasteiger partial charge is 0.302 e. The Labute approximate surface area is 92.9 Å². The summed E-state index contributed by atoms with van der Waals surface area (Å²) in [5.41, 5.74) is 1.33. The van der Waals surface area contributed by atoms with Crippen LogP contribution in [0, 0.1) is 6.92 Å². The van der Waals surface area contributed by atoms with E-state index in [2.05, 4.69) is 18.4 Å². The number of thioether (sulfide) groups is 1. The zero-order chi connectivity index (χ0) is 10.0. The second-order valence-corrected chi connectivity index (χ2v) is 6.50. The normalized spacial score (nSPS) is 26.6. The van der Waals surface area contributed by atoms with Crippen LogP contribution in [0.3, 0.4) is 0 Å². The van der Waals surface area contributed by atoms with E-state index in [1.54, 1.807) is 11.3 Å². The van der Waals surface area contributed by atoms with Gasteiger partial charge in [-0.05, 0) is 48.9 Å². The van der Waals surface area contributed by atoms with Gasteiger partial charge in [0.25, 0.3) is 0 Å². The van der Waals surface area contributed by atoms with E-state index in [-0.39, 0.29) is 4.75 Å². The highest BCUT2D eigenvalue weighted by Gasteiger charge is 2.34. The summed E-state index contributed by atoms with van der Waals surface area (Å²) in [6, 6.07) is 2.20. The van der Waals surface area contributed by atoms with Crippen LogP contribution in [0.25, 0.3) is 0 Å². The van der Waals surface area contributed by atoms with Crippen LogP contribution < -0.4 is 0 Å². The number of rotatable bonds is 3. The highest BCUT2D eigenvalue weighted by atomic mass is 32.2. The predicted octanol–water partition coefficient (Wildman–Crippen LogP) is 3.06. The van der Waals surface area contributed by atoms with Gasteiger partial charge in [0.15, 0.2) is 0 Å². The average molecular weight is 226 g/mol. The summed E-state index contributed by atoms with van der Waals surface area (Å²) in [6.07, 6.45) is 4.33. The summed E-state index contributed by atoms with van der Waals surface area (Å²) in [5.74, 6) is 1.14. The molecule has 1 unspecified atom stereocenters. The van der Waals surface area contributed by atoms with E-state index in [0.717, 1.165) is 24.9 Å². The topological polar surface area (TPSA) is 17.1 Å². The predicted molar refractivity (Wildman–Crippen MR) is 63.2 cm³/mol. The van der Waals surface area contributed by atoms with Crippen LogP contribution in [-0.2, 0) is 11.2 Å². The van der Waals surface area contributed by atoms with E-state index in [1.807, 2.05) is 11.8 Å². The first kappa shape index (κ1) is 10.2. The SMILES string of the molecule is Cc1cc(CC2(C=O)CCCS2)cs1. The summed E-state index contributed by atoms with van der Waals surface area (Å²) < 4.78 is -0.104. The van der Waals surface area contributed by atoms with Gasteiger partial charge in [0.2, 0.25) is 0 Å². The van der Waals surface area contributed by atoms with Crippen molar-refractivity contribution in [2.24, 2.45) is 0 Å². The van der Waals surface area contributed by atoms with Gasteiger partial charge >= 0.3 is 0 Å². The molecule has 0 N–H and O–H groups in total. The Morgan fingerprint density at radius 1 is 1.64 bits per heavy atom. The smallest absolute Gasteiger partial charge is 0.136 e. The van der Waals surface area contributed by atoms with E-state index < -0.39 is 0 Å². The summed E-state index contributed by atoms with van der Waals surface area (Å²) >= 11 is 3.60. The maximum Gasteiger partial charge on any atom is 0.136 e. The van der Waals surface area contributed by atoms with Gasteiger partial charge in [-0.1, -0.05) is 0 Å². The molecule has 1 atom stereocenters. The van der Waals surface area contributed by atoms with E-state index in [9.17, 15) is 4.79 Å². The highest BCUT2D eigenvalue weighted by Crippen LogP contribution is 2.39. The molecule has 2 rings (SSSR count). The summed E-state index contributed by atoms with van der Waals surface area (Å²) in [5, 5.41) is 2.18. The lowest BCUT2D eigenvalue weighted by Crippen LogP contribution is -2.25. The van der Waals surface area contributed by atoms with E-state index in [4.69, 9.17) is 0 Å². The minimum Gasteiger partial charge on any atom is -0.302 e. The molecule has 1 aliphatic heterocycles. The van der Waals surface area contributed by atoms with Gasteiger partial charge in [-0.3, -0.25) is 0 Å². The summed E-state index contributed by atoms with van der Waals surface area (Å²) in [7, 11) is 0. The van der Waals surface area contributed by atoms with Crippen LogP contribution in [0.2, 0.25) is 0 Å². The van der Waals surface area contributed by atoms with E-state index in [0.29, 0.717) is 0 Å². The molecule has 0 aliphatic carbocycles. The molecular formula is C11H14OS2. The van der Waals surface area contributed by atoms with Crippen LogP contribution in [0.1, 0.15) is 23.3 Å². The molecule has 0 bridgehead atoms. The second-order valence-electron chi connectivity index (χ2n) is 3.88. The van der Waals surface area contributed by atoms with Crippen LogP contribution in [0.4, 0.5) is 0 Å². The van der Waals surface area contributed by atoms with Gasteiger partial charge in [-0.25, -0.2) is 0 Å². The van der Waals surface area contributed by atoms with Crippen LogP contribution in [0.15, 0.2) is 11.4 Å². The van der Waals surface area contributed by atoms with Gasteiger partial charge < -0.3 is 4.79 Å². The molecule has 2 heterocycles. The monoisotopic (exact) mass is 226 g/mol. The van der Waals surface area contributed by atoms with Gasteiger partial charge in [-0.15, -0.1) is 23.1 Å². The van der Waals surface area contributed by atoms with Gasteiger partial charge in [0.1, 0.15) is 6.29 Å². The zero-order valence-corrected chi connectivity index (χ0v) is 9.92. The fourth-order valence-electron chi connectivity index (χ4n) is 1.93. The molecule has 1 saturated heterocycles. The minimum absolute atomic E-state index is 0.104. The van der Waals surface area contributed by atoms with Crippen molar-refractivity contribution < 1.29 is 4.79 Å². The number of carbonyl (C=O) groups is 1. The lowest BCUT2D eigenvalue weighted by Gasteiger charge is -2.19. The van der Waals surface area contributed by atoms with Crippen molar-refractivity contribution >= 4 is 29.4 Å². The number of thiophene rings is 1. The molecule has 76 valence electrons. The summed E-state index contributed by atoms with van der Waals surface area (Å²) in [4.78, 5) is 12.5. The Kier molecular flexibility index (Phi) is 2.98. The van der Waals surface area contributed by atoms with E-state index in [1.165, 1.54) is 16.9 Å². The Balaban J connectivity index is 2.11. The molecule has 1 nitrogen and oxygen atoms in total. The van der Waals surface area contributed by atoms with Crippen molar-refractivity contribution in [1.29, 1.82) is 0 Å². The maximum absolute atomic E-state index is 11.1.